The number of hydrogen-bond donors (Lipinski definition) is 3. The third-order valence-corrected chi connectivity index (χ3v) is 2.57. The highest BCUT2D eigenvalue weighted by Crippen LogP contribution is 2.11. The fourth-order valence-electron chi connectivity index (χ4n) is 1.64. The van der Waals surface area contributed by atoms with E-state index in [1.807, 2.05) is 6.92 Å². The zero-order valence-corrected chi connectivity index (χ0v) is 11.6. The predicted octanol–water partition coefficient (Wildman–Crippen LogP) is 2.27. The predicted molar refractivity (Wildman–Crippen MR) is 75.5 cm³/mol. The lowest BCUT2D eigenvalue weighted by Crippen LogP contribution is -2.11. The van der Waals surface area contributed by atoms with E-state index in [4.69, 9.17) is 5.11 Å². The molecule has 0 aliphatic carbocycles. The van der Waals surface area contributed by atoms with Crippen LogP contribution in [0.1, 0.15) is 38.4 Å². The van der Waals surface area contributed by atoms with Gasteiger partial charge in [0.25, 0.3) is 0 Å². The molecule has 0 saturated carbocycles. The molecule has 0 aromatic carbocycles. The summed E-state index contributed by atoms with van der Waals surface area (Å²) in [4.78, 5) is 19.0. The fourth-order valence-corrected chi connectivity index (χ4v) is 1.64. The van der Waals surface area contributed by atoms with Crippen LogP contribution in [0.5, 0.6) is 0 Å². The van der Waals surface area contributed by atoms with Crippen LogP contribution in [0.4, 0.5) is 11.6 Å². The third-order valence-electron chi connectivity index (χ3n) is 2.57. The summed E-state index contributed by atoms with van der Waals surface area (Å²) in [6.45, 7) is 5.23. The molecule has 0 unspecified atom stereocenters. The summed E-state index contributed by atoms with van der Waals surface area (Å²) in [5.74, 6) is 1.28. The van der Waals surface area contributed by atoms with Crippen molar-refractivity contribution in [3.05, 3.63) is 11.9 Å². The van der Waals surface area contributed by atoms with Gasteiger partial charge >= 0.3 is 5.97 Å². The Morgan fingerprint density at radius 1 is 1.21 bits per heavy atom. The zero-order chi connectivity index (χ0) is 14.1. The maximum Gasteiger partial charge on any atom is 0.305 e. The van der Waals surface area contributed by atoms with E-state index < -0.39 is 5.97 Å². The van der Waals surface area contributed by atoms with E-state index in [1.165, 1.54) is 12.8 Å². The standard InChI is InChI=1S/C13H22N4O2/c1-3-4-5-7-14-11-9-12(17-10(2)16-11)15-8-6-13(18)19/h9H,3-8H2,1-2H3,(H,18,19)(H2,14,15,16,17). The second-order valence-electron chi connectivity index (χ2n) is 4.39. The molecule has 0 radical (unpaired) electrons. The Balaban J connectivity index is 2.48. The van der Waals surface area contributed by atoms with Crippen LogP contribution in [0, 0.1) is 6.92 Å². The summed E-state index contributed by atoms with van der Waals surface area (Å²) < 4.78 is 0. The van der Waals surface area contributed by atoms with E-state index in [1.54, 1.807) is 6.07 Å². The molecule has 0 amide bonds. The van der Waals surface area contributed by atoms with Gasteiger partial charge in [0, 0.05) is 19.2 Å². The first-order valence-electron chi connectivity index (χ1n) is 6.67. The first-order valence-corrected chi connectivity index (χ1v) is 6.67. The minimum Gasteiger partial charge on any atom is -0.481 e. The Kier molecular flexibility index (Phi) is 6.63. The number of nitrogens with one attached hydrogen (secondary N) is 2. The van der Waals surface area contributed by atoms with Gasteiger partial charge in [-0.25, -0.2) is 9.97 Å². The first-order chi connectivity index (χ1) is 9.11. The van der Waals surface area contributed by atoms with E-state index >= 15 is 0 Å². The van der Waals surface area contributed by atoms with Crippen LogP contribution in [0.2, 0.25) is 0 Å². The number of nitrogens with zero attached hydrogens (tertiary/aromatic N) is 2. The molecule has 1 aromatic rings. The van der Waals surface area contributed by atoms with Crippen LogP contribution in [0.25, 0.3) is 0 Å². The highest BCUT2D eigenvalue weighted by atomic mass is 16.4. The van der Waals surface area contributed by atoms with Gasteiger partial charge in [0.1, 0.15) is 17.5 Å². The molecule has 1 heterocycles. The van der Waals surface area contributed by atoms with Gasteiger partial charge in [-0.3, -0.25) is 4.79 Å². The average molecular weight is 266 g/mol. The van der Waals surface area contributed by atoms with Crippen LogP contribution in [-0.4, -0.2) is 34.1 Å². The Bertz CT molecular complexity index is 410. The number of carboxylic acid groups (broad SMARTS) is 1. The molecule has 3 N–H and O–H groups in total. The van der Waals surface area contributed by atoms with Gasteiger partial charge in [0.2, 0.25) is 0 Å². The maximum atomic E-state index is 10.4. The summed E-state index contributed by atoms with van der Waals surface area (Å²) in [5.41, 5.74) is 0. The minimum absolute atomic E-state index is 0.0717. The second kappa shape index (κ2) is 8.29. The molecular formula is C13H22N4O2. The van der Waals surface area contributed by atoms with Crippen molar-refractivity contribution >= 4 is 17.6 Å². The van der Waals surface area contributed by atoms with Gasteiger partial charge in [-0.2, -0.15) is 0 Å². The number of anilines is 2. The normalized spacial score (nSPS) is 10.2. The molecule has 0 aliphatic rings. The molecule has 0 atom stereocenters. The number of hydrogen-bond acceptors (Lipinski definition) is 5. The lowest BCUT2D eigenvalue weighted by atomic mass is 10.2. The zero-order valence-electron chi connectivity index (χ0n) is 11.6. The van der Waals surface area contributed by atoms with Crippen LogP contribution in [-0.2, 0) is 4.79 Å². The van der Waals surface area contributed by atoms with E-state index in [0.29, 0.717) is 18.2 Å². The summed E-state index contributed by atoms with van der Waals surface area (Å²) in [6.07, 6.45) is 3.57. The molecule has 6 heteroatoms. The molecule has 1 rings (SSSR count). The van der Waals surface area contributed by atoms with Gasteiger partial charge < -0.3 is 15.7 Å². The highest BCUT2D eigenvalue weighted by molar-refractivity contribution is 5.67. The molecule has 1 aromatic heterocycles. The molecule has 19 heavy (non-hydrogen) atoms. The number of aryl methyl sites for hydroxylation is 1. The molecule has 0 saturated heterocycles. The van der Waals surface area contributed by atoms with E-state index in [0.717, 1.165) is 18.8 Å². The maximum absolute atomic E-state index is 10.4. The van der Waals surface area contributed by atoms with Crippen LogP contribution < -0.4 is 10.6 Å². The van der Waals surface area contributed by atoms with Crippen LogP contribution in [0.3, 0.4) is 0 Å². The largest absolute Gasteiger partial charge is 0.481 e. The van der Waals surface area contributed by atoms with Gasteiger partial charge in [-0.15, -0.1) is 0 Å². The molecule has 106 valence electrons. The SMILES string of the molecule is CCCCCNc1cc(NCCC(=O)O)nc(C)n1. The van der Waals surface area contributed by atoms with Crippen molar-refractivity contribution in [3.63, 3.8) is 0 Å². The summed E-state index contributed by atoms with van der Waals surface area (Å²) in [5, 5.41) is 14.8. The van der Waals surface area contributed by atoms with Gasteiger partial charge in [0.15, 0.2) is 0 Å². The van der Waals surface area contributed by atoms with Crippen molar-refractivity contribution < 1.29 is 9.90 Å². The Morgan fingerprint density at radius 3 is 2.42 bits per heavy atom. The number of carbonyl (C=O) groups is 1. The lowest BCUT2D eigenvalue weighted by Gasteiger charge is -2.09. The topological polar surface area (TPSA) is 87.1 Å². The van der Waals surface area contributed by atoms with Crippen molar-refractivity contribution in [1.29, 1.82) is 0 Å². The van der Waals surface area contributed by atoms with E-state index in [9.17, 15) is 4.79 Å². The van der Waals surface area contributed by atoms with Crippen molar-refractivity contribution in [1.82, 2.24) is 9.97 Å². The van der Waals surface area contributed by atoms with Crippen molar-refractivity contribution in [3.8, 4) is 0 Å². The smallest absolute Gasteiger partial charge is 0.305 e. The van der Waals surface area contributed by atoms with Crippen LogP contribution >= 0.6 is 0 Å². The average Bonchev–Trinajstić information content (AvgIpc) is 2.34. The first kappa shape index (κ1) is 15.2. The Labute approximate surface area is 113 Å². The van der Waals surface area contributed by atoms with Crippen molar-refractivity contribution in [2.45, 2.75) is 39.5 Å². The molecular weight excluding hydrogens is 244 g/mol. The van der Waals surface area contributed by atoms with Gasteiger partial charge in [0.05, 0.1) is 6.42 Å². The Hall–Kier alpha value is -1.85. The number of aliphatic carboxylic acids is 1. The molecule has 6 nitrogen and oxygen atoms in total. The highest BCUT2D eigenvalue weighted by Gasteiger charge is 2.02. The number of rotatable bonds is 9. The van der Waals surface area contributed by atoms with Crippen molar-refractivity contribution in [2.75, 3.05) is 23.7 Å². The van der Waals surface area contributed by atoms with Crippen LogP contribution in [0.15, 0.2) is 6.07 Å². The summed E-state index contributed by atoms with van der Waals surface area (Å²) in [6, 6.07) is 1.81. The number of unbranched alkanes of at least 4 members (excludes halogenated alkanes) is 2. The number of carboxylic acids is 1. The Morgan fingerprint density at radius 2 is 1.84 bits per heavy atom. The summed E-state index contributed by atoms with van der Waals surface area (Å²) >= 11 is 0. The minimum atomic E-state index is -0.823. The molecule has 0 fully saturated rings. The molecule has 0 spiro atoms. The monoisotopic (exact) mass is 266 g/mol. The molecule has 0 bridgehead atoms. The lowest BCUT2D eigenvalue weighted by molar-refractivity contribution is -0.136. The van der Waals surface area contributed by atoms with Gasteiger partial charge in [-0.05, 0) is 13.3 Å². The quantitative estimate of drug-likeness (QED) is 0.594. The van der Waals surface area contributed by atoms with Crippen molar-refractivity contribution in [2.24, 2.45) is 0 Å². The third kappa shape index (κ3) is 6.59. The fraction of sp³-hybridized carbons (Fsp3) is 0.615. The number of aromatic nitrogens is 2. The summed E-state index contributed by atoms with van der Waals surface area (Å²) in [7, 11) is 0. The van der Waals surface area contributed by atoms with E-state index in [2.05, 4.69) is 27.5 Å². The van der Waals surface area contributed by atoms with E-state index in [-0.39, 0.29) is 6.42 Å². The van der Waals surface area contributed by atoms with Gasteiger partial charge in [-0.1, -0.05) is 19.8 Å². The second-order valence-corrected chi connectivity index (χ2v) is 4.39. The molecule has 0 aliphatic heterocycles.